The molecule has 0 aliphatic rings. The van der Waals surface area contributed by atoms with Gasteiger partial charge in [0, 0.05) is 6.61 Å². The highest BCUT2D eigenvalue weighted by Gasteiger charge is 1.96. The van der Waals surface area contributed by atoms with Crippen LogP contribution in [0.1, 0.15) is 64.7 Å². The van der Waals surface area contributed by atoms with Crippen LogP contribution in [0.5, 0.6) is 0 Å². The first kappa shape index (κ1) is 22.6. The summed E-state index contributed by atoms with van der Waals surface area (Å²) in [4.78, 5) is 10.2. The van der Waals surface area contributed by atoms with Gasteiger partial charge in [0.15, 0.2) is 0 Å². The van der Waals surface area contributed by atoms with Crippen molar-refractivity contribution < 1.29 is 19.7 Å². The van der Waals surface area contributed by atoms with E-state index < -0.39 is 12.1 Å². The number of hydrogen-bond acceptors (Lipinski definition) is 3. The second kappa shape index (κ2) is 18.0. The molecule has 138 valence electrons. The second-order valence-corrected chi connectivity index (χ2v) is 5.85. The maximum atomic E-state index is 10.2. The monoisotopic (exact) mass is 338 g/mol. The molecule has 1 atom stereocenters. The molecule has 0 spiro atoms. The third-order valence-corrected chi connectivity index (χ3v) is 3.50. The van der Waals surface area contributed by atoms with Gasteiger partial charge in [0.25, 0.3) is 0 Å². The van der Waals surface area contributed by atoms with E-state index in [-0.39, 0.29) is 6.61 Å². The summed E-state index contributed by atoms with van der Waals surface area (Å²) in [5.74, 6) is -0.902. The molecule has 0 aliphatic heterocycles. The second-order valence-electron chi connectivity index (χ2n) is 5.85. The number of aliphatic carboxylic acids is 1. The highest BCUT2D eigenvalue weighted by molar-refractivity contribution is 5.67. The zero-order chi connectivity index (χ0) is 17.9. The molecule has 4 nitrogen and oxygen atoms in total. The highest BCUT2D eigenvalue weighted by Crippen LogP contribution is 2.08. The van der Waals surface area contributed by atoms with E-state index in [0.717, 1.165) is 25.7 Å². The number of rotatable bonds is 16. The quantitative estimate of drug-likeness (QED) is 0.244. The number of unbranched alkanes of at least 4 members (excludes halogenated alkanes) is 6. The molecule has 0 fully saturated rings. The summed E-state index contributed by atoms with van der Waals surface area (Å²) < 4.78 is 4.99. The van der Waals surface area contributed by atoms with Crippen molar-refractivity contribution in [3.63, 3.8) is 0 Å². The molecule has 0 saturated heterocycles. The lowest BCUT2D eigenvalue weighted by Crippen LogP contribution is -2.07. The maximum absolute atomic E-state index is 10.2. The summed E-state index contributed by atoms with van der Waals surface area (Å²) in [6.07, 6.45) is 21.2. The predicted octanol–water partition coefficient (Wildman–Crippen LogP) is 4.65. The summed E-state index contributed by atoms with van der Waals surface area (Å²) in [6, 6.07) is 0. The van der Waals surface area contributed by atoms with Crippen LogP contribution in [0.4, 0.5) is 0 Å². The molecular weight excluding hydrogens is 304 g/mol. The van der Waals surface area contributed by atoms with Gasteiger partial charge in [-0.25, -0.2) is 4.79 Å². The Kier molecular flexibility index (Phi) is 16.9. The molecule has 2 N–H and O–H groups in total. The molecule has 24 heavy (non-hydrogen) atoms. The van der Waals surface area contributed by atoms with Gasteiger partial charge in [0.05, 0.1) is 6.10 Å². The van der Waals surface area contributed by atoms with Crippen LogP contribution < -0.4 is 0 Å². The van der Waals surface area contributed by atoms with E-state index >= 15 is 0 Å². The van der Waals surface area contributed by atoms with Crippen molar-refractivity contribution in [3.05, 3.63) is 36.5 Å². The molecule has 0 aliphatic carbocycles. The van der Waals surface area contributed by atoms with Crippen molar-refractivity contribution in [1.82, 2.24) is 0 Å². The minimum Gasteiger partial charge on any atom is -0.480 e. The Labute approximate surface area is 146 Å². The van der Waals surface area contributed by atoms with E-state index in [0.29, 0.717) is 13.0 Å². The van der Waals surface area contributed by atoms with E-state index in [4.69, 9.17) is 9.84 Å². The van der Waals surface area contributed by atoms with Crippen molar-refractivity contribution >= 4 is 5.97 Å². The standard InChI is InChI=1S/C20H34O4/c1-2-3-12-15-19(21)16-13-10-8-6-4-5-7-9-11-14-17-24-18-20(22)23/h3,8,10,12-13,16,19,21H,2,4-7,9,11,14-15,17-18H2,1H3,(H,22,23)/b10-8+,12-3+,16-13+. The molecule has 0 aromatic rings. The Morgan fingerprint density at radius 3 is 2.42 bits per heavy atom. The van der Waals surface area contributed by atoms with Gasteiger partial charge in [0.2, 0.25) is 0 Å². The van der Waals surface area contributed by atoms with Crippen molar-refractivity contribution in [2.75, 3.05) is 13.2 Å². The van der Waals surface area contributed by atoms with Crippen LogP contribution in [0.2, 0.25) is 0 Å². The topological polar surface area (TPSA) is 66.8 Å². The molecule has 0 aromatic heterocycles. The number of carboxylic acids is 1. The Morgan fingerprint density at radius 2 is 1.71 bits per heavy atom. The largest absolute Gasteiger partial charge is 0.480 e. The van der Waals surface area contributed by atoms with Gasteiger partial charge in [-0.15, -0.1) is 0 Å². The molecule has 0 saturated carbocycles. The summed E-state index contributed by atoms with van der Waals surface area (Å²) in [5.41, 5.74) is 0. The third-order valence-electron chi connectivity index (χ3n) is 3.50. The number of allylic oxidation sites excluding steroid dienone is 4. The van der Waals surface area contributed by atoms with E-state index in [2.05, 4.69) is 19.1 Å². The highest BCUT2D eigenvalue weighted by atomic mass is 16.5. The number of aliphatic hydroxyl groups is 1. The van der Waals surface area contributed by atoms with Crippen LogP contribution in [0.3, 0.4) is 0 Å². The zero-order valence-corrected chi connectivity index (χ0v) is 15.0. The average Bonchev–Trinajstić information content (AvgIpc) is 2.55. The first-order valence-electron chi connectivity index (χ1n) is 9.12. The molecular formula is C20H34O4. The first-order chi connectivity index (χ1) is 11.7. The fraction of sp³-hybridized carbons (Fsp3) is 0.650. The number of carbonyl (C=O) groups is 1. The molecule has 0 radical (unpaired) electrons. The molecule has 0 bridgehead atoms. The Bertz CT molecular complexity index is 372. The summed E-state index contributed by atoms with van der Waals surface area (Å²) in [7, 11) is 0. The summed E-state index contributed by atoms with van der Waals surface area (Å²) in [5, 5.41) is 18.1. The van der Waals surface area contributed by atoms with Gasteiger partial charge < -0.3 is 14.9 Å². The van der Waals surface area contributed by atoms with Gasteiger partial charge in [-0.2, -0.15) is 0 Å². The SMILES string of the molecule is CC/C=C/CC(O)/C=C/C=C/CCCCCCCCOCC(=O)O. The van der Waals surface area contributed by atoms with Crippen LogP contribution in [0, 0.1) is 0 Å². The molecule has 0 aromatic carbocycles. The first-order valence-corrected chi connectivity index (χ1v) is 9.12. The lowest BCUT2D eigenvalue weighted by atomic mass is 10.1. The van der Waals surface area contributed by atoms with Crippen LogP contribution in [-0.2, 0) is 9.53 Å². The van der Waals surface area contributed by atoms with E-state index in [9.17, 15) is 9.90 Å². The molecule has 0 amide bonds. The Balaban J connectivity index is 3.34. The van der Waals surface area contributed by atoms with Crippen LogP contribution in [0.15, 0.2) is 36.5 Å². The maximum Gasteiger partial charge on any atom is 0.329 e. The van der Waals surface area contributed by atoms with Gasteiger partial charge in [0.1, 0.15) is 6.61 Å². The van der Waals surface area contributed by atoms with Gasteiger partial charge in [-0.05, 0) is 32.1 Å². The van der Waals surface area contributed by atoms with Crippen LogP contribution >= 0.6 is 0 Å². The lowest BCUT2D eigenvalue weighted by Gasteiger charge is -2.01. The van der Waals surface area contributed by atoms with E-state index in [1.54, 1.807) is 0 Å². The summed E-state index contributed by atoms with van der Waals surface area (Å²) in [6.45, 7) is 2.44. The van der Waals surface area contributed by atoms with Crippen molar-refractivity contribution in [1.29, 1.82) is 0 Å². The Morgan fingerprint density at radius 1 is 1.00 bits per heavy atom. The number of aliphatic hydroxyl groups excluding tert-OH is 1. The molecule has 0 heterocycles. The van der Waals surface area contributed by atoms with Gasteiger partial charge >= 0.3 is 5.97 Å². The normalized spacial score (nSPS) is 13.4. The summed E-state index contributed by atoms with van der Waals surface area (Å²) >= 11 is 0. The number of hydrogen-bond donors (Lipinski definition) is 2. The lowest BCUT2D eigenvalue weighted by molar-refractivity contribution is -0.142. The van der Waals surface area contributed by atoms with Crippen molar-refractivity contribution in [2.45, 2.75) is 70.8 Å². The minimum atomic E-state index is -0.902. The smallest absolute Gasteiger partial charge is 0.329 e. The van der Waals surface area contributed by atoms with Gasteiger partial charge in [-0.1, -0.05) is 69.1 Å². The van der Waals surface area contributed by atoms with Crippen LogP contribution in [-0.4, -0.2) is 35.5 Å². The average molecular weight is 338 g/mol. The third kappa shape index (κ3) is 18.7. The number of ether oxygens (including phenoxy) is 1. The number of carboxylic acid groups (broad SMARTS) is 1. The van der Waals surface area contributed by atoms with Crippen molar-refractivity contribution in [3.8, 4) is 0 Å². The van der Waals surface area contributed by atoms with Crippen LogP contribution in [0.25, 0.3) is 0 Å². The predicted molar refractivity (Wildman–Crippen MR) is 99.1 cm³/mol. The van der Waals surface area contributed by atoms with E-state index in [1.165, 1.54) is 25.7 Å². The molecule has 4 heteroatoms. The van der Waals surface area contributed by atoms with Crippen molar-refractivity contribution in [2.24, 2.45) is 0 Å². The van der Waals surface area contributed by atoms with Gasteiger partial charge in [-0.3, -0.25) is 0 Å². The molecule has 0 rings (SSSR count). The zero-order valence-electron chi connectivity index (χ0n) is 15.0. The van der Waals surface area contributed by atoms with E-state index in [1.807, 2.05) is 24.3 Å². The fourth-order valence-electron chi connectivity index (χ4n) is 2.18. The Hall–Kier alpha value is -1.39. The fourth-order valence-corrected chi connectivity index (χ4v) is 2.18. The molecule has 1 unspecified atom stereocenters. The minimum absolute atomic E-state index is 0.187.